The minimum atomic E-state index is -0.193. The van der Waals surface area contributed by atoms with Crippen LogP contribution in [0, 0.1) is 0 Å². The second-order valence-electron chi connectivity index (χ2n) is 4.09. The number of phenols is 2. The molecule has 2 rings (SSSR count). The molecule has 0 aromatic heterocycles. The second-order valence-corrected chi connectivity index (χ2v) is 4.09. The summed E-state index contributed by atoms with van der Waals surface area (Å²) < 4.78 is 5.02. The average molecular weight is 223 g/mol. The summed E-state index contributed by atoms with van der Waals surface area (Å²) in [5.41, 5.74) is 0.965. The van der Waals surface area contributed by atoms with Crippen molar-refractivity contribution in [1.29, 1.82) is 0 Å². The van der Waals surface area contributed by atoms with E-state index in [1.807, 2.05) is 0 Å². The van der Waals surface area contributed by atoms with Crippen molar-refractivity contribution in [2.45, 2.75) is 25.3 Å². The fraction of sp³-hybridized carbons (Fsp3) is 0.500. The number of aromatic hydroxyl groups is 2. The predicted octanol–water partition coefficient (Wildman–Crippen LogP) is 1.92. The van der Waals surface area contributed by atoms with E-state index in [-0.39, 0.29) is 17.5 Å². The third-order valence-corrected chi connectivity index (χ3v) is 3.01. The fourth-order valence-electron chi connectivity index (χ4n) is 2.11. The highest BCUT2D eigenvalue weighted by Gasteiger charge is 2.18. The maximum absolute atomic E-state index is 9.58. The molecule has 88 valence electrons. The van der Waals surface area contributed by atoms with E-state index in [1.54, 1.807) is 12.1 Å². The Balaban J connectivity index is 2.29. The van der Waals surface area contributed by atoms with Gasteiger partial charge in [0, 0.05) is 6.04 Å². The zero-order valence-electron chi connectivity index (χ0n) is 9.36. The lowest BCUT2D eigenvalue weighted by molar-refractivity contribution is 0.346. The van der Waals surface area contributed by atoms with Crippen molar-refractivity contribution in [1.82, 2.24) is 5.32 Å². The number of nitrogens with one attached hydrogen (secondary N) is 1. The molecule has 0 amide bonds. The molecule has 4 heteroatoms. The van der Waals surface area contributed by atoms with E-state index in [2.05, 4.69) is 5.32 Å². The monoisotopic (exact) mass is 223 g/mol. The number of piperidine rings is 1. The summed E-state index contributed by atoms with van der Waals surface area (Å²) in [5, 5.41) is 22.5. The van der Waals surface area contributed by atoms with Crippen molar-refractivity contribution in [3.8, 4) is 17.2 Å². The minimum absolute atomic E-state index is 0.123. The molecule has 1 heterocycles. The van der Waals surface area contributed by atoms with Gasteiger partial charge in [-0.2, -0.15) is 0 Å². The molecule has 0 bridgehead atoms. The molecule has 1 saturated heterocycles. The quantitative estimate of drug-likeness (QED) is 0.670. The molecule has 0 aliphatic carbocycles. The Morgan fingerprint density at radius 2 is 2.12 bits per heavy atom. The van der Waals surface area contributed by atoms with Crippen molar-refractivity contribution in [3.63, 3.8) is 0 Å². The van der Waals surface area contributed by atoms with E-state index in [0.717, 1.165) is 18.5 Å². The van der Waals surface area contributed by atoms with Crippen LogP contribution >= 0.6 is 0 Å². The smallest absolute Gasteiger partial charge is 0.200 e. The Kier molecular flexibility index (Phi) is 3.19. The first-order chi connectivity index (χ1) is 7.72. The molecule has 1 aliphatic heterocycles. The lowest BCUT2D eigenvalue weighted by Gasteiger charge is -2.24. The maximum atomic E-state index is 9.58. The van der Waals surface area contributed by atoms with Gasteiger partial charge < -0.3 is 20.3 Å². The topological polar surface area (TPSA) is 61.7 Å². The lowest BCUT2D eigenvalue weighted by Crippen LogP contribution is -2.26. The number of hydrogen-bond acceptors (Lipinski definition) is 4. The van der Waals surface area contributed by atoms with Crippen LogP contribution in [0.25, 0.3) is 0 Å². The van der Waals surface area contributed by atoms with E-state index in [0.29, 0.717) is 5.75 Å². The lowest BCUT2D eigenvalue weighted by atomic mass is 9.97. The zero-order chi connectivity index (χ0) is 11.5. The Bertz CT molecular complexity index is 373. The van der Waals surface area contributed by atoms with Gasteiger partial charge in [-0.25, -0.2) is 0 Å². The Hall–Kier alpha value is -1.42. The van der Waals surface area contributed by atoms with E-state index >= 15 is 0 Å². The second kappa shape index (κ2) is 4.61. The molecule has 1 aliphatic rings. The summed E-state index contributed by atoms with van der Waals surface area (Å²) in [6.45, 7) is 0.995. The van der Waals surface area contributed by atoms with Crippen LogP contribution < -0.4 is 10.1 Å². The van der Waals surface area contributed by atoms with E-state index in [9.17, 15) is 10.2 Å². The predicted molar refractivity (Wildman–Crippen MR) is 60.9 cm³/mol. The van der Waals surface area contributed by atoms with Crippen LogP contribution in [-0.4, -0.2) is 23.9 Å². The van der Waals surface area contributed by atoms with Crippen LogP contribution in [0.3, 0.4) is 0 Å². The summed E-state index contributed by atoms with van der Waals surface area (Å²) in [4.78, 5) is 0. The maximum Gasteiger partial charge on any atom is 0.200 e. The molecule has 0 saturated carbocycles. The van der Waals surface area contributed by atoms with Gasteiger partial charge in [-0.1, -0.05) is 6.42 Å². The molecule has 1 fully saturated rings. The van der Waals surface area contributed by atoms with Crippen LogP contribution in [0.2, 0.25) is 0 Å². The highest BCUT2D eigenvalue weighted by molar-refractivity contribution is 5.52. The van der Waals surface area contributed by atoms with Crippen molar-refractivity contribution < 1.29 is 14.9 Å². The van der Waals surface area contributed by atoms with Crippen molar-refractivity contribution in [2.24, 2.45) is 0 Å². The van der Waals surface area contributed by atoms with Gasteiger partial charge in [-0.05, 0) is 37.1 Å². The summed E-state index contributed by atoms with van der Waals surface area (Å²) >= 11 is 0. The molecular formula is C12H17NO3. The number of hydrogen-bond donors (Lipinski definition) is 3. The van der Waals surface area contributed by atoms with Gasteiger partial charge in [0.05, 0.1) is 7.11 Å². The summed E-state index contributed by atoms with van der Waals surface area (Å²) in [5.74, 6) is 0.00570. The summed E-state index contributed by atoms with van der Waals surface area (Å²) in [6, 6.07) is 3.62. The van der Waals surface area contributed by atoms with E-state index in [4.69, 9.17) is 4.74 Å². The Morgan fingerprint density at radius 1 is 1.31 bits per heavy atom. The van der Waals surface area contributed by atoms with Gasteiger partial charge in [0.15, 0.2) is 11.5 Å². The van der Waals surface area contributed by atoms with Crippen molar-refractivity contribution in [3.05, 3.63) is 17.7 Å². The number of phenolic OH excluding ortho intramolecular Hbond substituents is 2. The molecule has 1 aromatic rings. The first-order valence-corrected chi connectivity index (χ1v) is 5.55. The van der Waals surface area contributed by atoms with Crippen LogP contribution in [0.15, 0.2) is 12.1 Å². The minimum Gasteiger partial charge on any atom is -0.504 e. The molecule has 0 spiro atoms. The molecule has 3 N–H and O–H groups in total. The van der Waals surface area contributed by atoms with E-state index in [1.165, 1.54) is 20.0 Å². The normalized spacial score (nSPS) is 20.7. The highest BCUT2D eigenvalue weighted by Crippen LogP contribution is 2.39. The number of rotatable bonds is 2. The van der Waals surface area contributed by atoms with E-state index < -0.39 is 0 Å². The Labute approximate surface area is 94.9 Å². The van der Waals surface area contributed by atoms with Crippen LogP contribution in [-0.2, 0) is 0 Å². The third-order valence-electron chi connectivity index (χ3n) is 3.01. The summed E-state index contributed by atoms with van der Waals surface area (Å²) in [6.07, 6.45) is 3.42. The SMILES string of the molecule is COc1cc(C2CCCCN2)cc(O)c1O. The fourth-order valence-corrected chi connectivity index (χ4v) is 2.11. The van der Waals surface area contributed by atoms with Gasteiger partial charge in [0.25, 0.3) is 0 Å². The molecular weight excluding hydrogens is 206 g/mol. The largest absolute Gasteiger partial charge is 0.504 e. The van der Waals surface area contributed by atoms with Gasteiger partial charge in [0.1, 0.15) is 0 Å². The van der Waals surface area contributed by atoms with Gasteiger partial charge in [0.2, 0.25) is 5.75 Å². The van der Waals surface area contributed by atoms with Crippen LogP contribution in [0.4, 0.5) is 0 Å². The average Bonchev–Trinajstić information content (AvgIpc) is 2.33. The molecule has 1 atom stereocenters. The molecule has 16 heavy (non-hydrogen) atoms. The molecule has 0 radical (unpaired) electrons. The van der Waals surface area contributed by atoms with Crippen molar-refractivity contribution >= 4 is 0 Å². The molecule has 1 aromatic carbocycles. The standard InChI is InChI=1S/C12H17NO3/c1-16-11-7-8(6-10(14)12(11)15)9-4-2-3-5-13-9/h6-7,9,13-15H,2-5H2,1H3. The van der Waals surface area contributed by atoms with Gasteiger partial charge in [-0.3, -0.25) is 0 Å². The van der Waals surface area contributed by atoms with Crippen molar-refractivity contribution in [2.75, 3.05) is 13.7 Å². The third kappa shape index (κ3) is 2.07. The summed E-state index contributed by atoms with van der Waals surface area (Å²) in [7, 11) is 1.48. The number of methoxy groups -OCH3 is 1. The van der Waals surface area contributed by atoms with Gasteiger partial charge in [-0.15, -0.1) is 0 Å². The van der Waals surface area contributed by atoms with Crippen LogP contribution in [0.1, 0.15) is 30.9 Å². The number of ether oxygens (including phenoxy) is 1. The molecule has 1 unspecified atom stereocenters. The zero-order valence-corrected chi connectivity index (χ0v) is 9.36. The highest BCUT2D eigenvalue weighted by atomic mass is 16.5. The Morgan fingerprint density at radius 3 is 2.75 bits per heavy atom. The molecule has 4 nitrogen and oxygen atoms in total. The first-order valence-electron chi connectivity index (χ1n) is 5.55. The van der Waals surface area contributed by atoms with Gasteiger partial charge >= 0.3 is 0 Å². The number of benzene rings is 1. The van der Waals surface area contributed by atoms with Crippen LogP contribution in [0.5, 0.6) is 17.2 Å². The first kappa shape index (κ1) is 11.1.